The van der Waals surface area contributed by atoms with E-state index in [-0.39, 0.29) is 18.6 Å². The lowest BCUT2D eigenvalue weighted by Gasteiger charge is -2.29. The maximum atomic E-state index is 11.4. The third-order valence-electron chi connectivity index (χ3n) is 2.43. The lowest BCUT2D eigenvalue weighted by molar-refractivity contribution is -0.519. The number of ether oxygens (including phenoxy) is 3. The maximum Gasteiger partial charge on any atom is 0.544 e. The van der Waals surface area contributed by atoms with Crippen LogP contribution in [0.4, 0.5) is 4.79 Å². The largest absolute Gasteiger partial charge is 0.544 e. The maximum absolute atomic E-state index is 11.4. The second-order valence-corrected chi connectivity index (χ2v) is 6.91. The number of esters is 1. The number of rotatable bonds is 10. The number of hydrogen-bond acceptors (Lipinski definition) is 8. The normalized spacial score (nSPS) is 13.1. The Kier molecular flexibility index (Phi) is 9.57. The third-order valence-corrected chi connectivity index (χ3v) is 2.43. The van der Waals surface area contributed by atoms with Crippen LogP contribution in [-0.4, -0.2) is 37.2 Å². The lowest BCUT2D eigenvalue weighted by Crippen LogP contribution is -2.31. The van der Waals surface area contributed by atoms with Crippen molar-refractivity contribution in [2.75, 3.05) is 13.2 Å². The fraction of sp³-hybridized carbons (Fsp3) is 0.750. The fourth-order valence-corrected chi connectivity index (χ4v) is 2.05. The van der Waals surface area contributed by atoms with Crippen molar-refractivity contribution in [1.82, 2.24) is 0 Å². The molecule has 0 amide bonds. The minimum absolute atomic E-state index is 0.00814. The van der Waals surface area contributed by atoms with Crippen LogP contribution in [0.15, 0.2) is 12.7 Å². The van der Waals surface area contributed by atoms with Crippen LogP contribution in [0.5, 0.6) is 0 Å². The second-order valence-electron chi connectivity index (χ2n) is 6.91. The molecule has 0 N–H and O–H groups in total. The van der Waals surface area contributed by atoms with Crippen LogP contribution in [0.3, 0.4) is 0 Å². The molecule has 0 fully saturated rings. The summed E-state index contributed by atoms with van der Waals surface area (Å²) in [6.07, 6.45) is -0.305. The Labute approximate surface area is 142 Å². The molecule has 0 aliphatic rings. The average molecular weight is 348 g/mol. The summed E-state index contributed by atoms with van der Waals surface area (Å²) in [7, 11) is 0. The van der Waals surface area contributed by atoms with E-state index in [0.29, 0.717) is 6.42 Å². The molecule has 0 aromatic heterocycles. The van der Waals surface area contributed by atoms with Gasteiger partial charge in [0.05, 0.1) is 6.61 Å². The van der Waals surface area contributed by atoms with E-state index < -0.39 is 24.0 Å². The Balaban J connectivity index is 3.89. The molecule has 0 bridgehead atoms. The molecular formula is C16H28O8. The van der Waals surface area contributed by atoms with E-state index in [9.17, 15) is 9.59 Å². The van der Waals surface area contributed by atoms with Gasteiger partial charge in [0.15, 0.2) is 0 Å². The van der Waals surface area contributed by atoms with E-state index in [1.807, 2.05) is 13.8 Å². The minimum atomic E-state index is -1.11. The van der Waals surface area contributed by atoms with Gasteiger partial charge in [0, 0.05) is 6.08 Å². The van der Waals surface area contributed by atoms with E-state index in [4.69, 9.17) is 19.1 Å². The Hall–Kier alpha value is -1.64. The number of carbonyl (C=O) groups is 2. The van der Waals surface area contributed by atoms with Gasteiger partial charge in [-0.3, -0.25) is 0 Å². The molecule has 0 heterocycles. The molecule has 0 rings (SSSR count). The van der Waals surface area contributed by atoms with Crippen LogP contribution in [0.2, 0.25) is 0 Å². The molecule has 8 heteroatoms. The third kappa shape index (κ3) is 12.9. The van der Waals surface area contributed by atoms with Gasteiger partial charge in [-0.2, -0.15) is 4.89 Å². The second kappa shape index (κ2) is 10.3. The number of hydrogen-bond donors (Lipinski definition) is 0. The first-order chi connectivity index (χ1) is 10.9. The highest BCUT2D eigenvalue weighted by Gasteiger charge is 2.28. The Morgan fingerprint density at radius 1 is 1.12 bits per heavy atom. The van der Waals surface area contributed by atoms with E-state index in [1.54, 1.807) is 0 Å². The molecule has 0 spiro atoms. The van der Waals surface area contributed by atoms with E-state index >= 15 is 0 Å². The predicted octanol–water partition coefficient (Wildman–Crippen LogP) is 3.31. The van der Waals surface area contributed by atoms with Crippen molar-refractivity contribution in [2.24, 2.45) is 5.41 Å². The average Bonchev–Trinajstić information content (AvgIpc) is 2.40. The highest BCUT2D eigenvalue weighted by atomic mass is 17.5. The van der Waals surface area contributed by atoms with Crippen molar-refractivity contribution in [2.45, 2.75) is 59.9 Å². The van der Waals surface area contributed by atoms with E-state index in [2.05, 4.69) is 37.3 Å². The van der Waals surface area contributed by atoms with Crippen molar-refractivity contribution in [1.29, 1.82) is 0 Å². The first kappa shape index (κ1) is 22.4. The quantitative estimate of drug-likeness (QED) is 0.148. The van der Waals surface area contributed by atoms with E-state index in [0.717, 1.165) is 6.08 Å². The molecule has 0 aliphatic heterocycles. The van der Waals surface area contributed by atoms with Gasteiger partial charge >= 0.3 is 12.1 Å². The molecule has 0 radical (unpaired) electrons. The molecule has 0 aliphatic carbocycles. The van der Waals surface area contributed by atoms with Crippen LogP contribution in [0, 0.1) is 5.41 Å². The lowest BCUT2D eigenvalue weighted by atomic mass is 9.84. The van der Waals surface area contributed by atoms with Gasteiger partial charge in [-0.25, -0.2) is 14.5 Å². The monoisotopic (exact) mass is 348 g/mol. The van der Waals surface area contributed by atoms with Gasteiger partial charge in [-0.15, -0.1) is 0 Å². The fourth-order valence-electron chi connectivity index (χ4n) is 2.05. The summed E-state index contributed by atoms with van der Waals surface area (Å²) in [5, 5.41) is 4.47. The van der Waals surface area contributed by atoms with Gasteiger partial charge in [0.25, 0.3) is 0 Å². The zero-order chi connectivity index (χ0) is 18.8. The van der Waals surface area contributed by atoms with Crippen LogP contribution < -0.4 is 0 Å². The zero-order valence-corrected chi connectivity index (χ0v) is 15.2. The van der Waals surface area contributed by atoms with Crippen molar-refractivity contribution in [3.05, 3.63) is 12.7 Å². The molecule has 1 unspecified atom stereocenters. The first-order valence-corrected chi connectivity index (χ1v) is 7.59. The molecule has 0 saturated heterocycles. The first-order valence-electron chi connectivity index (χ1n) is 7.59. The highest BCUT2D eigenvalue weighted by molar-refractivity contribution is 5.81. The Morgan fingerprint density at radius 2 is 1.75 bits per heavy atom. The molecule has 0 aromatic carbocycles. The summed E-state index contributed by atoms with van der Waals surface area (Å²) in [6, 6.07) is 0. The molecule has 1 atom stereocenters. The molecule has 140 valence electrons. The minimum Gasteiger partial charge on any atom is -0.460 e. The summed E-state index contributed by atoms with van der Waals surface area (Å²) in [6.45, 7) is 14.6. The molecule has 0 saturated carbocycles. The summed E-state index contributed by atoms with van der Waals surface area (Å²) < 4.78 is 14.5. The van der Waals surface area contributed by atoms with Gasteiger partial charge in [-0.1, -0.05) is 27.4 Å². The Morgan fingerprint density at radius 3 is 2.29 bits per heavy atom. The van der Waals surface area contributed by atoms with Crippen LogP contribution in [0.25, 0.3) is 0 Å². The van der Waals surface area contributed by atoms with E-state index in [1.165, 1.54) is 6.92 Å². The van der Waals surface area contributed by atoms with Crippen LogP contribution in [0.1, 0.15) is 48.0 Å². The summed E-state index contributed by atoms with van der Waals surface area (Å²) in [5.74, 6) is -0.560. The van der Waals surface area contributed by atoms with Crippen LogP contribution >= 0.6 is 0 Å². The van der Waals surface area contributed by atoms with Crippen molar-refractivity contribution >= 4 is 12.1 Å². The van der Waals surface area contributed by atoms with Gasteiger partial charge in [-0.05, 0) is 37.6 Å². The summed E-state index contributed by atoms with van der Waals surface area (Å²) in [5.41, 5.74) is -0.625. The van der Waals surface area contributed by atoms with Crippen molar-refractivity contribution in [3.8, 4) is 0 Å². The van der Waals surface area contributed by atoms with Crippen LogP contribution in [-0.2, 0) is 33.8 Å². The Bertz CT molecular complexity index is 411. The topological polar surface area (TPSA) is 89.5 Å². The van der Waals surface area contributed by atoms with Crippen molar-refractivity contribution < 1.29 is 38.6 Å². The van der Waals surface area contributed by atoms with Gasteiger partial charge in [0.2, 0.25) is 6.29 Å². The molecule has 0 aromatic rings. The standard InChI is InChI=1S/C16H28O8/c1-8-13(17)20-10-9-19-12(2)21-14(18)22-24-23-16(6,7)11-15(3,4)5/h8,12H,1,9-11H2,2-7H3. The smallest absolute Gasteiger partial charge is 0.460 e. The van der Waals surface area contributed by atoms with Gasteiger partial charge < -0.3 is 14.2 Å². The molecule has 8 nitrogen and oxygen atoms in total. The predicted molar refractivity (Wildman–Crippen MR) is 84.5 cm³/mol. The summed E-state index contributed by atoms with van der Waals surface area (Å²) in [4.78, 5) is 31.6. The molecule has 24 heavy (non-hydrogen) atoms. The van der Waals surface area contributed by atoms with Crippen molar-refractivity contribution in [3.63, 3.8) is 0 Å². The number of carbonyl (C=O) groups excluding carboxylic acids is 2. The van der Waals surface area contributed by atoms with Gasteiger partial charge in [0.1, 0.15) is 12.2 Å². The zero-order valence-electron chi connectivity index (χ0n) is 15.2. The highest BCUT2D eigenvalue weighted by Crippen LogP contribution is 2.29. The summed E-state index contributed by atoms with van der Waals surface area (Å²) >= 11 is 0. The molecular weight excluding hydrogens is 320 g/mol. The SMILES string of the molecule is C=CC(=O)OCCOC(C)OC(=O)OOOC(C)(C)CC(C)(C)C.